The van der Waals surface area contributed by atoms with Gasteiger partial charge in [-0.25, -0.2) is 18.9 Å². The van der Waals surface area contributed by atoms with Gasteiger partial charge in [-0.15, -0.1) is 5.10 Å². The summed E-state index contributed by atoms with van der Waals surface area (Å²) in [4.78, 5) is 15.0. The number of hydrogen-bond donors (Lipinski definition) is 2. The van der Waals surface area contributed by atoms with Crippen molar-refractivity contribution >= 4 is 22.5 Å². The molecule has 172 valence electrons. The molecule has 0 unspecified atom stereocenters. The lowest BCUT2D eigenvalue weighted by Gasteiger charge is -2.39. The van der Waals surface area contributed by atoms with Crippen molar-refractivity contribution in [2.45, 2.75) is 26.3 Å². The summed E-state index contributed by atoms with van der Waals surface area (Å²) in [5, 5.41) is 9.66. The van der Waals surface area contributed by atoms with Crippen LogP contribution in [0.25, 0.3) is 39.2 Å². The molecule has 6 rings (SSSR count). The molecule has 0 bridgehead atoms. The Balaban J connectivity index is 1.63. The van der Waals surface area contributed by atoms with E-state index in [1.54, 1.807) is 18.3 Å². The highest BCUT2D eigenvalue weighted by Gasteiger charge is 2.28. The molecule has 34 heavy (non-hydrogen) atoms. The van der Waals surface area contributed by atoms with Crippen molar-refractivity contribution in [3.8, 4) is 22.5 Å². The Hall–Kier alpha value is -3.78. The van der Waals surface area contributed by atoms with Gasteiger partial charge in [-0.05, 0) is 68.8 Å². The number of piperazine rings is 1. The van der Waals surface area contributed by atoms with Crippen LogP contribution in [0.4, 0.5) is 10.2 Å². The van der Waals surface area contributed by atoms with Crippen molar-refractivity contribution < 1.29 is 4.39 Å². The number of aryl methyl sites for hydroxylation is 1. The second kappa shape index (κ2) is 7.63. The van der Waals surface area contributed by atoms with Crippen LogP contribution in [0.15, 0.2) is 54.9 Å². The van der Waals surface area contributed by atoms with Crippen LogP contribution in [0.5, 0.6) is 0 Å². The first-order valence-corrected chi connectivity index (χ1v) is 11.5. The molecular weight excluding hydrogens is 429 g/mol. The maximum atomic E-state index is 13.7. The van der Waals surface area contributed by atoms with Crippen molar-refractivity contribution in [3.63, 3.8) is 0 Å². The van der Waals surface area contributed by atoms with Crippen molar-refractivity contribution in [1.82, 2.24) is 29.9 Å². The minimum atomic E-state index is -0.274. The topological polar surface area (TPSA) is 74.1 Å². The van der Waals surface area contributed by atoms with E-state index in [-0.39, 0.29) is 11.4 Å². The number of H-pyrrole nitrogens is 1. The van der Waals surface area contributed by atoms with E-state index < -0.39 is 0 Å². The maximum absolute atomic E-state index is 13.7. The lowest BCUT2D eigenvalue weighted by atomic mass is 10.0. The standard InChI is InChI=1S/C26H26FN7/c1-16-14-21(33-13-12-30-26(2,3)15-33)32-34-23(19-8-10-28-24-20(19)9-11-29-24)22(31-25(16)34)17-4-6-18(27)7-5-17/h4-11,14,30H,12-13,15H2,1-3H3,(H,28,29). The monoisotopic (exact) mass is 455 g/mol. The van der Waals surface area contributed by atoms with Crippen LogP contribution in [0.3, 0.4) is 0 Å². The number of aromatic nitrogens is 5. The molecular formula is C26H26FN7. The van der Waals surface area contributed by atoms with E-state index >= 15 is 0 Å². The van der Waals surface area contributed by atoms with Gasteiger partial charge in [-0.3, -0.25) is 0 Å². The molecule has 0 aliphatic carbocycles. The molecule has 0 amide bonds. The minimum absolute atomic E-state index is 0.00220. The van der Waals surface area contributed by atoms with Crippen molar-refractivity contribution in [2.24, 2.45) is 0 Å². The lowest BCUT2D eigenvalue weighted by Crippen LogP contribution is -2.57. The number of hydrogen-bond acceptors (Lipinski definition) is 5. The minimum Gasteiger partial charge on any atom is -0.352 e. The van der Waals surface area contributed by atoms with Crippen LogP contribution in [-0.4, -0.2) is 49.7 Å². The third kappa shape index (κ3) is 3.42. The number of imidazole rings is 1. The van der Waals surface area contributed by atoms with Crippen molar-refractivity contribution in [1.29, 1.82) is 0 Å². The number of aromatic amines is 1. The Labute approximate surface area is 196 Å². The first kappa shape index (κ1) is 20.8. The van der Waals surface area contributed by atoms with E-state index in [1.165, 1.54) is 12.1 Å². The van der Waals surface area contributed by atoms with Crippen LogP contribution >= 0.6 is 0 Å². The first-order chi connectivity index (χ1) is 16.4. The molecule has 1 saturated heterocycles. The third-order valence-corrected chi connectivity index (χ3v) is 6.48. The number of halogens is 1. The average Bonchev–Trinajstić information content (AvgIpc) is 3.44. The first-order valence-electron chi connectivity index (χ1n) is 11.5. The molecule has 1 aliphatic rings. The zero-order valence-electron chi connectivity index (χ0n) is 19.4. The Kier molecular flexibility index (Phi) is 4.67. The van der Waals surface area contributed by atoms with Crippen LogP contribution < -0.4 is 10.2 Å². The van der Waals surface area contributed by atoms with Gasteiger partial charge in [-0.1, -0.05) is 0 Å². The number of nitrogens with one attached hydrogen (secondary N) is 2. The summed E-state index contributed by atoms with van der Waals surface area (Å²) >= 11 is 0. The maximum Gasteiger partial charge on any atom is 0.158 e. The normalized spacial score (nSPS) is 15.9. The predicted octanol–water partition coefficient (Wildman–Crippen LogP) is 4.58. The predicted molar refractivity (Wildman–Crippen MR) is 133 cm³/mol. The second-order valence-corrected chi connectivity index (χ2v) is 9.57. The zero-order chi connectivity index (χ0) is 23.4. The Bertz CT molecular complexity index is 1510. The summed E-state index contributed by atoms with van der Waals surface area (Å²) in [6, 6.07) is 12.6. The fraction of sp³-hybridized carbons (Fsp3) is 0.269. The molecule has 8 heteroatoms. The summed E-state index contributed by atoms with van der Waals surface area (Å²) in [5.41, 5.74) is 6.07. The van der Waals surface area contributed by atoms with Crippen LogP contribution in [0.1, 0.15) is 19.4 Å². The van der Waals surface area contributed by atoms with Gasteiger partial charge in [0.2, 0.25) is 0 Å². The molecule has 5 aromatic rings. The summed E-state index contributed by atoms with van der Waals surface area (Å²) in [6.45, 7) is 9.12. The smallest absolute Gasteiger partial charge is 0.158 e. The molecule has 0 spiro atoms. The van der Waals surface area contributed by atoms with Gasteiger partial charge < -0.3 is 15.2 Å². The summed E-state index contributed by atoms with van der Waals surface area (Å²) in [7, 11) is 0. The van der Waals surface area contributed by atoms with Crippen molar-refractivity contribution in [2.75, 3.05) is 24.5 Å². The highest BCUT2D eigenvalue weighted by molar-refractivity contribution is 5.97. The van der Waals surface area contributed by atoms with E-state index in [2.05, 4.69) is 47.0 Å². The zero-order valence-corrected chi connectivity index (χ0v) is 19.4. The molecule has 2 N–H and O–H groups in total. The number of pyridine rings is 1. The van der Waals surface area contributed by atoms with Gasteiger partial charge in [0, 0.05) is 54.1 Å². The van der Waals surface area contributed by atoms with Gasteiger partial charge in [-0.2, -0.15) is 0 Å². The van der Waals surface area contributed by atoms with Gasteiger partial charge in [0.1, 0.15) is 23.0 Å². The molecule has 7 nitrogen and oxygen atoms in total. The van der Waals surface area contributed by atoms with E-state index in [1.807, 2.05) is 22.8 Å². The molecule has 0 radical (unpaired) electrons. The fourth-order valence-corrected chi connectivity index (χ4v) is 4.86. The Morgan fingerprint density at radius 3 is 2.71 bits per heavy atom. The third-order valence-electron chi connectivity index (χ3n) is 6.48. The van der Waals surface area contributed by atoms with E-state index in [0.717, 1.165) is 70.2 Å². The average molecular weight is 456 g/mol. The van der Waals surface area contributed by atoms with Gasteiger partial charge in [0.25, 0.3) is 0 Å². The second-order valence-electron chi connectivity index (χ2n) is 9.57. The summed E-state index contributed by atoms with van der Waals surface area (Å²) < 4.78 is 15.7. The van der Waals surface area contributed by atoms with E-state index in [0.29, 0.717) is 0 Å². The molecule has 1 fully saturated rings. The molecule has 0 saturated carbocycles. The van der Waals surface area contributed by atoms with Crippen LogP contribution in [-0.2, 0) is 0 Å². The highest BCUT2D eigenvalue weighted by atomic mass is 19.1. The lowest BCUT2D eigenvalue weighted by molar-refractivity contribution is 0.351. The summed E-state index contributed by atoms with van der Waals surface area (Å²) in [6.07, 6.45) is 3.67. The van der Waals surface area contributed by atoms with Crippen LogP contribution in [0.2, 0.25) is 0 Å². The SMILES string of the molecule is Cc1cc(N2CCNC(C)(C)C2)nn2c(-c3ccnc4[nH]ccc34)c(-c3ccc(F)cc3)nc12. The fourth-order valence-electron chi connectivity index (χ4n) is 4.86. The Morgan fingerprint density at radius 2 is 1.91 bits per heavy atom. The summed E-state index contributed by atoms with van der Waals surface area (Å²) in [5.74, 6) is 0.646. The number of rotatable bonds is 3. The highest BCUT2D eigenvalue weighted by Crippen LogP contribution is 2.37. The molecule has 5 heterocycles. The largest absolute Gasteiger partial charge is 0.352 e. The van der Waals surface area contributed by atoms with Crippen LogP contribution in [0, 0.1) is 12.7 Å². The van der Waals surface area contributed by atoms with E-state index in [9.17, 15) is 4.39 Å². The van der Waals surface area contributed by atoms with E-state index in [4.69, 9.17) is 10.1 Å². The van der Waals surface area contributed by atoms with Gasteiger partial charge >= 0.3 is 0 Å². The van der Waals surface area contributed by atoms with Gasteiger partial charge in [0.15, 0.2) is 5.65 Å². The molecule has 1 aromatic carbocycles. The molecule has 1 aliphatic heterocycles. The molecule has 0 atom stereocenters. The molecule has 4 aromatic heterocycles. The number of nitrogens with zero attached hydrogens (tertiary/aromatic N) is 5. The Morgan fingerprint density at radius 1 is 1.09 bits per heavy atom. The quantitative estimate of drug-likeness (QED) is 0.417. The number of anilines is 1. The number of fused-ring (bicyclic) bond motifs is 2. The van der Waals surface area contributed by atoms with Crippen molar-refractivity contribution in [3.05, 3.63) is 66.2 Å². The van der Waals surface area contributed by atoms with Gasteiger partial charge in [0.05, 0.1) is 5.69 Å². The number of benzene rings is 1.